The SMILES string of the molecule is Cc1cccc(F)c1C(=O)N1CCC[C@H](C(=O)Nc2cccc(OC(F)(F)F)c2)[C@@H]1C1C=CC(NC2CCCC2)=CC1. The van der Waals surface area contributed by atoms with Crippen LogP contribution in [-0.2, 0) is 4.79 Å². The summed E-state index contributed by atoms with van der Waals surface area (Å²) in [6.45, 7) is 2.04. The Labute approximate surface area is 242 Å². The lowest BCUT2D eigenvalue weighted by atomic mass is 9.77. The van der Waals surface area contributed by atoms with Crippen LogP contribution in [0.2, 0.25) is 0 Å². The summed E-state index contributed by atoms with van der Waals surface area (Å²) in [7, 11) is 0. The first kappa shape index (κ1) is 29.7. The highest BCUT2D eigenvalue weighted by Gasteiger charge is 2.43. The zero-order chi connectivity index (χ0) is 29.9. The Morgan fingerprint density at radius 3 is 2.48 bits per heavy atom. The summed E-state index contributed by atoms with van der Waals surface area (Å²) in [6, 6.07) is 9.44. The molecule has 10 heteroatoms. The highest BCUT2D eigenvalue weighted by Crippen LogP contribution is 2.36. The first-order chi connectivity index (χ1) is 20.1. The number of likely N-dealkylation sites (tertiary alicyclic amines) is 1. The molecule has 2 amide bonds. The van der Waals surface area contributed by atoms with Gasteiger partial charge in [0.2, 0.25) is 5.91 Å². The molecule has 0 aromatic heterocycles. The molecule has 1 saturated carbocycles. The second-order valence-corrected chi connectivity index (χ2v) is 11.3. The third kappa shape index (κ3) is 6.97. The van der Waals surface area contributed by atoms with E-state index in [0.717, 1.165) is 30.7 Å². The normalized spacial score (nSPS) is 22.9. The average Bonchev–Trinajstić information content (AvgIpc) is 3.45. The van der Waals surface area contributed by atoms with Crippen LogP contribution in [0.3, 0.4) is 0 Å². The highest BCUT2D eigenvalue weighted by molar-refractivity contribution is 5.98. The van der Waals surface area contributed by atoms with E-state index in [0.29, 0.717) is 37.4 Å². The topological polar surface area (TPSA) is 70.7 Å². The van der Waals surface area contributed by atoms with Crippen molar-refractivity contribution in [3.63, 3.8) is 0 Å². The number of halogens is 4. The Morgan fingerprint density at radius 1 is 1.02 bits per heavy atom. The third-order valence-corrected chi connectivity index (χ3v) is 8.35. The van der Waals surface area contributed by atoms with Crippen molar-refractivity contribution in [3.05, 3.63) is 83.3 Å². The summed E-state index contributed by atoms with van der Waals surface area (Å²) in [5.41, 5.74) is 1.66. The molecule has 1 saturated heterocycles. The minimum absolute atomic E-state index is 0.0144. The van der Waals surface area contributed by atoms with Crippen molar-refractivity contribution in [2.75, 3.05) is 11.9 Å². The van der Waals surface area contributed by atoms with E-state index in [1.807, 2.05) is 12.2 Å². The molecule has 2 aromatic rings. The second-order valence-electron chi connectivity index (χ2n) is 11.3. The lowest BCUT2D eigenvalue weighted by Crippen LogP contribution is -2.55. The number of ether oxygens (including phenoxy) is 1. The number of nitrogens with one attached hydrogen (secondary N) is 2. The number of piperidine rings is 1. The largest absolute Gasteiger partial charge is 0.573 e. The van der Waals surface area contributed by atoms with Crippen LogP contribution in [0.15, 0.2) is 66.4 Å². The number of carbonyl (C=O) groups excluding carboxylic acids is 2. The van der Waals surface area contributed by atoms with Crippen LogP contribution in [0.4, 0.5) is 23.2 Å². The van der Waals surface area contributed by atoms with E-state index >= 15 is 0 Å². The molecule has 1 aliphatic heterocycles. The molecule has 42 heavy (non-hydrogen) atoms. The van der Waals surface area contributed by atoms with Gasteiger partial charge in [-0.15, -0.1) is 13.2 Å². The summed E-state index contributed by atoms with van der Waals surface area (Å²) in [6.07, 6.45) is 7.44. The van der Waals surface area contributed by atoms with Crippen LogP contribution in [0.25, 0.3) is 0 Å². The van der Waals surface area contributed by atoms with E-state index in [1.54, 1.807) is 24.0 Å². The number of nitrogens with zero attached hydrogens (tertiary/aromatic N) is 1. The minimum Gasteiger partial charge on any atom is -0.406 e. The van der Waals surface area contributed by atoms with Crippen molar-refractivity contribution in [2.24, 2.45) is 11.8 Å². The van der Waals surface area contributed by atoms with Gasteiger partial charge in [0, 0.05) is 36.0 Å². The zero-order valence-corrected chi connectivity index (χ0v) is 23.4. The molecule has 5 rings (SSSR count). The lowest BCUT2D eigenvalue weighted by Gasteiger charge is -2.44. The van der Waals surface area contributed by atoms with Gasteiger partial charge in [0.1, 0.15) is 11.6 Å². The Balaban J connectivity index is 1.41. The van der Waals surface area contributed by atoms with Gasteiger partial charge in [0.05, 0.1) is 17.5 Å². The van der Waals surface area contributed by atoms with Crippen LogP contribution >= 0.6 is 0 Å². The number of aryl methyl sites for hydroxylation is 1. The molecule has 224 valence electrons. The molecule has 6 nitrogen and oxygen atoms in total. The molecular weight excluding hydrogens is 550 g/mol. The molecule has 1 unspecified atom stereocenters. The predicted molar refractivity (Wildman–Crippen MR) is 151 cm³/mol. The number of hydrogen-bond acceptors (Lipinski definition) is 4. The Kier molecular flexibility index (Phi) is 8.89. The van der Waals surface area contributed by atoms with Crippen molar-refractivity contribution in [3.8, 4) is 5.75 Å². The molecule has 3 aliphatic rings. The Bertz CT molecular complexity index is 1350. The summed E-state index contributed by atoms with van der Waals surface area (Å²) in [5.74, 6) is -2.84. The quantitative estimate of drug-likeness (QED) is 0.348. The number of benzene rings is 2. The van der Waals surface area contributed by atoms with Gasteiger partial charge in [-0.3, -0.25) is 9.59 Å². The van der Waals surface area contributed by atoms with E-state index in [-0.39, 0.29) is 17.2 Å². The molecule has 0 bridgehead atoms. The van der Waals surface area contributed by atoms with Crippen LogP contribution in [0, 0.1) is 24.6 Å². The molecule has 2 N–H and O–H groups in total. The van der Waals surface area contributed by atoms with Gasteiger partial charge in [-0.1, -0.05) is 43.2 Å². The van der Waals surface area contributed by atoms with Gasteiger partial charge in [0.15, 0.2) is 0 Å². The molecule has 2 fully saturated rings. The van der Waals surface area contributed by atoms with Gasteiger partial charge in [-0.2, -0.15) is 0 Å². The lowest BCUT2D eigenvalue weighted by molar-refractivity contribution is -0.274. The van der Waals surface area contributed by atoms with Gasteiger partial charge in [-0.05, 0) is 68.9 Å². The first-order valence-corrected chi connectivity index (χ1v) is 14.5. The Hall–Kier alpha value is -3.82. The van der Waals surface area contributed by atoms with Crippen LogP contribution in [0.5, 0.6) is 5.75 Å². The first-order valence-electron chi connectivity index (χ1n) is 14.5. The summed E-state index contributed by atoms with van der Waals surface area (Å²) in [5, 5.41) is 6.31. The van der Waals surface area contributed by atoms with Crippen LogP contribution < -0.4 is 15.4 Å². The van der Waals surface area contributed by atoms with E-state index < -0.39 is 41.7 Å². The predicted octanol–water partition coefficient (Wildman–Crippen LogP) is 6.88. The fraction of sp³-hybridized carbons (Fsp3) is 0.438. The highest BCUT2D eigenvalue weighted by atomic mass is 19.4. The maximum absolute atomic E-state index is 14.9. The van der Waals surface area contributed by atoms with Gasteiger partial charge in [-0.25, -0.2) is 4.39 Å². The van der Waals surface area contributed by atoms with Gasteiger partial charge in [0.25, 0.3) is 5.91 Å². The number of anilines is 1. The standard InChI is InChI=1S/C32H35F4N3O3/c1-20-7-4-13-27(33)28(20)31(41)39-18-6-12-26(30(40)38-24-10-5-11-25(19-24)42-32(34,35)36)29(39)21-14-16-23(17-15-21)37-22-8-2-3-9-22/h4-5,7,10-11,13-14,16-17,19,21-22,26,29,37H,2-3,6,8-9,12,15,18H2,1H3,(H,38,40)/t21?,26-,29-/m0/s1. The van der Waals surface area contributed by atoms with Crippen molar-refractivity contribution in [1.82, 2.24) is 10.2 Å². The van der Waals surface area contributed by atoms with Crippen molar-refractivity contribution in [1.29, 1.82) is 0 Å². The maximum atomic E-state index is 14.9. The number of alkyl halides is 3. The van der Waals surface area contributed by atoms with E-state index in [9.17, 15) is 27.2 Å². The van der Waals surface area contributed by atoms with E-state index in [4.69, 9.17) is 0 Å². The number of allylic oxidation sites excluding steroid dienone is 2. The molecule has 1 heterocycles. The molecule has 0 radical (unpaired) electrons. The number of hydrogen-bond donors (Lipinski definition) is 2. The maximum Gasteiger partial charge on any atom is 0.573 e. The van der Waals surface area contributed by atoms with E-state index in [2.05, 4.69) is 21.4 Å². The van der Waals surface area contributed by atoms with Crippen LogP contribution in [0.1, 0.15) is 60.9 Å². The summed E-state index contributed by atoms with van der Waals surface area (Å²) >= 11 is 0. The second kappa shape index (κ2) is 12.6. The Morgan fingerprint density at radius 2 is 1.79 bits per heavy atom. The zero-order valence-electron chi connectivity index (χ0n) is 23.4. The third-order valence-electron chi connectivity index (χ3n) is 8.35. The van der Waals surface area contributed by atoms with Crippen molar-refractivity contribution >= 4 is 17.5 Å². The number of carbonyl (C=O) groups is 2. The van der Waals surface area contributed by atoms with Crippen molar-refractivity contribution in [2.45, 2.75) is 70.3 Å². The monoisotopic (exact) mass is 585 g/mol. The molecule has 2 aromatic carbocycles. The molecule has 0 spiro atoms. The van der Waals surface area contributed by atoms with Crippen molar-refractivity contribution < 1.29 is 31.9 Å². The number of amides is 2. The fourth-order valence-electron chi connectivity index (χ4n) is 6.43. The minimum atomic E-state index is -4.87. The average molecular weight is 586 g/mol. The summed E-state index contributed by atoms with van der Waals surface area (Å²) < 4.78 is 57.2. The summed E-state index contributed by atoms with van der Waals surface area (Å²) in [4.78, 5) is 29.2. The van der Waals surface area contributed by atoms with Gasteiger partial charge < -0.3 is 20.3 Å². The molecular formula is C32H35F4N3O3. The smallest absolute Gasteiger partial charge is 0.406 e. The molecule has 3 atom stereocenters. The molecule has 2 aliphatic carbocycles. The van der Waals surface area contributed by atoms with E-state index in [1.165, 1.54) is 31.0 Å². The van der Waals surface area contributed by atoms with Gasteiger partial charge >= 0.3 is 6.36 Å². The number of rotatable bonds is 7. The van der Waals surface area contributed by atoms with Crippen LogP contribution in [-0.4, -0.2) is 41.7 Å². The fourth-order valence-corrected chi connectivity index (χ4v) is 6.43.